The third-order valence-electron chi connectivity index (χ3n) is 5.35. The zero-order valence-corrected chi connectivity index (χ0v) is 19.0. The van der Waals surface area contributed by atoms with E-state index < -0.39 is 9.84 Å². The lowest BCUT2D eigenvalue weighted by Gasteiger charge is -2.27. The van der Waals surface area contributed by atoms with Gasteiger partial charge in [-0.15, -0.1) is 0 Å². The smallest absolute Gasteiger partial charge is 0.227 e. The normalized spacial score (nSPS) is 17.5. The highest BCUT2D eigenvalue weighted by Gasteiger charge is 2.35. The first kappa shape index (κ1) is 21.9. The molecule has 1 aromatic heterocycles. The summed E-state index contributed by atoms with van der Waals surface area (Å²) in [4.78, 5) is 14.8. The van der Waals surface area contributed by atoms with Crippen LogP contribution in [-0.4, -0.2) is 36.8 Å². The van der Waals surface area contributed by atoms with Crippen LogP contribution in [0.4, 0.5) is 0 Å². The Balaban J connectivity index is 1.55. The molecule has 2 heterocycles. The van der Waals surface area contributed by atoms with Gasteiger partial charge in [-0.3, -0.25) is 4.79 Å². The molecule has 162 valence electrons. The SMILES string of the molecule is O=C(Cc1ccc(Cl)cc1)N(Cc1ccc(-c2ccc(Cl)cc2)o1)[C@@H]1CCS(=O)(=O)C1. The van der Waals surface area contributed by atoms with Gasteiger partial charge in [-0.1, -0.05) is 35.3 Å². The molecule has 0 spiro atoms. The minimum absolute atomic E-state index is 0.0237. The average molecular weight is 478 g/mol. The monoisotopic (exact) mass is 477 g/mol. The van der Waals surface area contributed by atoms with E-state index in [0.29, 0.717) is 28.0 Å². The molecule has 8 heteroatoms. The van der Waals surface area contributed by atoms with Gasteiger partial charge in [0.05, 0.1) is 24.5 Å². The lowest BCUT2D eigenvalue weighted by atomic mass is 10.1. The average Bonchev–Trinajstić information content (AvgIpc) is 3.34. The van der Waals surface area contributed by atoms with Crippen molar-refractivity contribution in [2.24, 2.45) is 0 Å². The van der Waals surface area contributed by atoms with Gasteiger partial charge in [0, 0.05) is 21.7 Å². The topological polar surface area (TPSA) is 67.6 Å². The Kier molecular flexibility index (Phi) is 6.42. The molecule has 1 saturated heterocycles. The maximum Gasteiger partial charge on any atom is 0.227 e. The Hall–Kier alpha value is -2.28. The second-order valence-electron chi connectivity index (χ2n) is 7.65. The van der Waals surface area contributed by atoms with E-state index in [-0.39, 0.29) is 36.4 Å². The van der Waals surface area contributed by atoms with Crippen LogP contribution in [-0.2, 0) is 27.6 Å². The molecule has 3 aromatic rings. The van der Waals surface area contributed by atoms with Gasteiger partial charge in [0.15, 0.2) is 9.84 Å². The van der Waals surface area contributed by atoms with Crippen LogP contribution >= 0.6 is 23.2 Å². The van der Waals surface area contributed by atoms with Crippen LogP contribution < -0.4 is 0 Å². The Bertz CT molecular complexity index is 1170. The Labute approximate surface area is 191 Å². The fourth-order valence-corrected chi connectivity index (χ4v) is 5.70. The number of halogens is 2. The Morgan fingerprint density at radius 2 is 1.61 bits per heavy atom. The van der Waals surface area contributed by atoms with Crippen molar-refractivity contribution in [3.05, 3.63) is 82.0 Å². The van der Waals surface area contributed by atoms with Gasteiger partial charge < -0.3 is 9.32 Å². The van der Waals surface area contributed by atoms with Crippen molar-refractivity contribution in [1.29, 1.82) is 0 Å². The lowest BCUT2D eigenvalue weighted by Crippen LogP contribution is -2.41. The van der Waals surface area contributed by atoms with Crippen LogP contribution in [0.5, 0.6) is 0 Å². The minimum atomic E-state index is -3.14. The van der Waals surface area contributed by atoms with Crippen molar-refractivity contribution >= 4 is 38.9 Å². The van der Waals surface area contributed by atoms with Crippen LogP contribution in [0.25, 0.3) is 11.3 Å². The van der Waals surface area contributed by atoms with E-state index in [1.165, 1.54) is 0 Å². The van der Waals surface area contributed by atoms with Gasteiger partial charge in [0.1, 0.15) is 11.5 Å². The second-order valence-corrected chi connectivity index (χ2v) is 10.8. The predicted molar refractivity (Wildman–Crippen MR) is 122 cm³/mol. The van der Waals surface area contributed by atoms with Crippen LogP contribution in [0.1, 0.15) is 17.7 Å². The third-order valence-corrected chi connectivity index (χ3v) is 7.61. The summed E-state index contributed by atoms with van der Waals surface area (Å²) in [6.07, 6.45) is 0.595. The molecule has 1 aliphatic heterocycles. The maximum absolute atomic E-state index is 13.2. The van der Waals surface area contributed by atoms with Gasteiger partial charge in [-0.05, 0) is 60.5 Å². The second kappa shape index (κ2) is 9.07. The molecular formula is C23H21Cl2NO4S. The van der Waals surface area contributed by atoms with E-state index >= 15 is 0 Å². The first-order chi connectivity index (χ1) is 14.8. The van der Waals surface area contributed by atoms with Crippen molar-refractivity contribution in [3.63, 3.8) is 0 Å². The molecule has 0 bridgehead atoms. The van der Waals surface area contributed by atoms with E-state index in [1.807, 2.05) is 24.3 Å². The number of sulfone groups is 1. The summed E-state index contributed by atoms with van der Waals surface area (Å²) in [6, 6.07) is 17.6. The fraction of sp³-hybridized carbons (Fsp3) is 0.261. The third kappa shape index (κ3) is 5.50. The van der Waals surface area contributed by atoms with Gasteiger partial charge in [-0.2, -0.15) is 0 Å². The van der Waals surface area contributed by atoms with Crippen molar-refractivity contribution in [2.75, 3.05) is 11.5 Å². The number of rotatable bonds is 6. The maximum atomic E-state index is 13.2. The Morgan fingerprint density at radius 3 is 2.23 bits per heavy atom. The molecule has 1 fully saturated rings. The molecule has 4 rings (SSSR count). The molecule has 5 nitrogen and oxygen atoms in total. The molecule has 0 saturated carbocycles. The number of amides is 1. The molecule has 0 radical (unpaired) electrons. The van der Waals surface area contributed by atoms with E-state index in [9.17, 15) is 13.2 Å². The molecule has 31 heavy (non-hydrogen) atoms. The van der Waals surface area contributed by atoms with E-state index in [4.69, 9.17) is 27.6 Å². The van der Waals surface area contributed by atoms with Crippen molar-refractivity contribution in [2.45, 2.75) is 25.4 Å². The highest BCUT2D eigenvalue weighted by Crippen LogP contribution is 2.27. The van der Waals surface area contributed by atoms with Crippen molar-refractivity contribution < 1.29 is 17.6 Å². The summed E-state index contributed by atoms with van der Waals surface area (Å²) in [5.74, 6) is 1.18. The van der Waals surface area contributed by atoms with E-state index in [0.717, 1.165) is 11.1 Å². The first-order valence-electron chi connectivity index (χ1n) is 9.88. The molecule has 0 N–H and O–H groups in total. The number of carbonyl (C=O) groups is 1. The van der Waals surface area contributed by atoms with E-state index in [1.54, 1.807) is 41.3 Å². The van der Waals surface area contributed by atoms with Crippen molar-refractivity contribution in [3.8, 4) is 11.3 Å². The molecule has 1 atom stereocenters. The first-order valence-corrected chi connectivity index (χ1v) is 12.5. The number of nitrogens with zero attached hydrogens (tertiary/aromatic N) is 1. The number of hydrogen-bond donors (Lipinski definition) is 0. The number of furan rings is 1. The molecule has 2 aromatic carbocycles. The molecular weight excluding hydrogens is 457 g/mol. The van der Waals surface area contributed by atoms with Gasteiger partial charge in [-0.25, -0.2) is 8.42 Å². The van der Waals surface area contributed by atoms with Gasteiger partial charge >= 0.3 is 0 Å². The largest absolute Gasteiger partial charge is 0.459 e. The fourth-order valence-electron chi connectivity index (χ4n) is 3.72. The number of carbonyl (C=O) groups excluding carboxylic acids is 1. The summed E-state index contributed by atoms with van der Waals surface area (Å²) in [5.41, 5.74) is 1.69. The molecule has 0 aliphatic carbocycles. The minimum Gasteiger partial charge on any atom is -0.459 e. The summed E-state index contributed by atoms with van der Waals surface area (Å²) in [5, 5.41) is 1.23. The predicted octanol–water partition coefficient (Wildman–Crippen LogP) is 5.01. The van der Waals surface area contributed by atoms with Crippen LogP contribution in [0.2, 0.25) is 10.0 Å². The Morgan fingerprint density at radius 1 is 0.968 bits per heavy atom. The zero-order valence-electron chi connectivity index (χ0n) is 16.6. The van der Waals surface area contributed by atoms with Crippen LogP contribution in [0.3, 0.4) is 0 Å². The number of benzene rings is 2. The van der Waals surface area contributed by atoms with E-state index in [2.05, 4.69) is 0 Å². The zero-order chi connectivity index (χ0) is 22.0. The highest BCUT2D eigenvalue weighted by atomic mass is 35.5. The van der Waals surface area contributed by atoms with Gasteiger partial charge in [0.2, 0.25) is 5.91 Å². The quantitative estimate of drug-likeness (QED) is 0.500. The summed E-state index contributed by atoms with van der Waals surface area (Å²) in [6.45, 7) is 0.209. The summed E-state index contributed by atoms with van der Waals surface area (Å²) >= 11 is 11.9. The van der Waals surface area contributed by atoms with Crippen LogP contribution in [0, 0.1) is 0 Å². The highest BCUT2D eigenvalue weighted by molar-refractivity contribution is 7.91. The lowest BCUT2D eigenvalue weighted by molar-refractivity contribution is -0.133. The van der Waals surface area contributed by atoms with Crippen LogP contribution in [0.15, 0.2) is 65.1 Å². The molecule has 1 aliphatic rings. The van der Waals surface area contributed by atoms with Crippen molar-refractivity contribution in [1.82, 2.24) is 4.90 Å². The molecule has 1 amide bonds. The summed E-state index contributed by atoms with van der Waals surface area (Å²) in [7, 11) is -3.14. The summed E-state index contributed by atoms with van der Waals surface area (Å²) < 4.78 is 30.1. The molecule has 0 unspecified atom stereocenters. The van der Waals surface area contributed by atoms with Gasteiger partial charge in [0.25, 0.3) is 0 Å². The standard InChI is InChI=1S/C23H21Cl2NO4S/c24-18-5-1-16(2-6-18)13-23(27)26(20-11-12-31(28,29)15-20)14-21-9-10-22(30-21)17-3-7-19(25)8-4-17/h1-10,20H,11-15H2/t20-/m1/s1. The number of hydrogen-bond acceptors (Lipinski definition) is 4.